The number of aliphatic hydroxyl groups excluding tert-OH is 1. The lowest BCUT2D eigenvalue weighted by molar-refractivity contribution is 0.268. The van der Waals surface area contributed by atoms with Crippen LogP contribution in [0.15, 0.2) is 24.3 Å². The Labute approximate surface area is 70.6 Å². The van der Waals surface area contributed by atoms with E-state index in [9.17, 15) is 0 Å². The molecule has 0 radical (unpaired) electrons. The minimum atomic E-state index is -0.299. The van der Waals surface area contributed by atoms with Crippen LogP contribution in [0.1, 0.15) is 11.6 Å². The minimum absolute atomic E-state index is 0.0400. The van der Waals surface area contributed by atoms with Gasteiger partial charge in [-0.05, 0) is 17.7 Å². The Morgan fingerprint density at radius 2 is 1.91 bits per heavy atom. The number of hydrogen-bond donors (Lipinski definition) is 2. The molecule has 11 heavy (non-hydrogen) atoms. The van der Waals surface area contributed by atoms with Crippen LogP contribution >= 0.6 is 11.6 Å². The van der Waals surface area contributed by atoms with Gasteiger partial charge in [0.1, 0.15) is 0 Å². The molecule has 0 aliphatic rings. The molecule has 0 saturated heterocycles. The van der Waals surface area contributed by atoms with E-state index < -0.39 is 0 Å². The quantitative estimate of drug-likeness (QED) is 0.706. The Bertz CT molecular complexity index is 222. The van der Waals surface area contributed by atoms with Gasteiger partial charge in [-0.25, -0.2) is 0 Å². The summed E-state index contributed by atoms with van der Waals surface area (Å²) in [6.07, 6.45) is 0. The number of aliphatic hydroxyl groups is 1. The summed E-state index contributed by atoms with van der Waals surface area (Å²) in [7, 11) is 0. The first kappa shape index (κ1) is 8.53. The topological polar surface area (TPSA) is 46.2 Å². The van der Waals surface area contributed by atoms with Gasteiger partial charge in [-0.1, -0.05) is 23.7 Å². The van der Waals surface area contributed by atoms with E-state index in [4.69, 9.17) is 22.4 Å². The Kier molecular flexibility index (Phi) is 2.88. The van der Waals surface area contributed by atoms with Crippen LogP contribution in [0, 0.1) is 0 Å². The zero-order valence-electron chi connectivity index (χ0n) is 6.00. The van der Waals surface area contributed by atoms with Gasteiger partial charge in [0.15, 0.2) is 0 Å². The van der Waals surface area contributed by atoms with Crippen LogP contribution in [-0.4, -0.2) is 11.7 Å². The van der Waals surface area contributed by atoms with Crippen LogP contribution in [0.2, 0.25) is 5.02 Å². The zero-order chi connectivity index (χ0) is 8.27. The van der Waals surface area contributed by atoms with E-state index in [2.05, 4.69) is 0 Å². The molecule has 0 heterocycles. The van der Waals surface area contributed by atoms with E-state index in [0.29, 0.717) is 5.02 Å². The van der Waals surface area contributed by atoms with Gasteiger partial charge in [-0.2, -0.15) is 0 Å². The molecule has 60 valence electrons. The highest BCUT2D eigenvalue weighted by Crippen LogP contribution is 2.13. The molecule has 1 aromatic rings. The van der Waals surface area contributed by atoms with Gasteiger partial charge >= 0.3 is 0 Å². The fourth-order valence-corrected chi connectivity index (χ4v) is 0.941. The normalized spacial score (nSPS) is 13.0. The van der Waals surface area contributed by atoms with Gasteiger partial charge in [0, 0.05) is 5.02 Å². The lowest BCUT2D eigenvalue weighted by Gasteiger charge is -2.07. The summed E-state index contributed by atoms with van der Waals surface area (Å²) in [5.74, 6) is 0. The second-order valence-corrected chi connectivity index (χ2v) is 2.78. The molecule has 0 bridgehead atoms. The van der Waals surface area contributed by atoms with Crippen LogP contribution in [0.5, 0.6) is 0 Å². The van der Waals surface area contributed by atoms with Crippen molar-refractivity contribution >= 4 is 11.6 Å². The molecule has 0 aromatic heterocycles. The molecule has 1 atom stereocenters. The van der Waals surface area contributed by atoms with Gasteiger partial charge in [0.25, 0.3) is 0 Å². The lowest BCUT2D eigenvalue weighted by Crippen LogP contribution is -2.13. The van der Waals surface area contributed by atoms with Gasteiger partial charge < -0.3 is 10.8 Å². The smallest absolute Gasteiger partial charge is 0.0624 e. The van der Waals surface area contributed by atoms with Gasteiger partial charge in [0.2, 0.25) is 0 Å². The number of halogens is 1. The first-order chi connectivity index (χ1) is 5.24. The summed E-state index contributed by atoms with van der Waals surface area (Å²) >= 11 is 5.66. The predicted octanol–water partition coefficient (Wildman–Crippen LogP) is 1.33. The van der Waals surface area contributed by atoms with Crippen molar-refractivity contribution in [1.82, 2.24) is 0 Å². The molecule has 3 N–H and O–H groups in total. The monoisotopic (exact) mass is 171 g/mol. The van der Waals surface area contributed by atoms with Crippen molar-refractivity contribution < 1.29 is 5.11 Å². The zero-order valence-corrected chi connectivity index (χ0v) is 6.75. The molecular formula is C8H10ClNO. The Hall–Kier alpha value is -0.570. The first-order valence-corrected chi connectivity index (χ1v) is 3.73. The van der Waals surface area contributed by atoms with Crippen LogP contribution in [0.25, 0.3) is 0 Å². The average molecular weight is 172 g/mol. The fourth-order valence-electron chi connectivity index (χ4n) is 0.815. The summed E-state index contributed by atoms with van der Waals surface area (Å²) in [6, 6.07) is 6.83. The Balaban J connectivity index is 2.81. The fraction of sp³-hybridized carbons (Fsp3) is 0.250. The minimum Gasteiger partial charge on any atom is -0.394 e. The van der Waals surface area contributed by atoms with Crippen LogP contribution in [0.4, 0.5) is 0 Å². The predicted molar refractivity (Wildman–Crippen MR) is 45.5 cm³/mol. The summed E-state index contributed by atoms with van der Waals surface area (Å²) in [5.41, 5.74) is 6.45. The third-order valence-electron chi connectivity index (χ3n) is 1.49. The highest BCUT2D eigenvalue weighted by Gasteiger charge is 2.02. The van der Waals surface area contributed by atoms with Crippen molar-refractivity contribution in [1.29, 1.82) is 0 Å². The van der Waals surface area contributed by atoms with E-state index in [0.717, 1.165) is 5.56 Å². The van der Waals surface area contributed by atoms with Gasteiger partial charge in [-0.15, -0.1) is 0 Å². The van der Waals surface area contributed by atoms with Crippen LogP contribution in [-0.2, 0) is 0 Å². The summed E-state index contributed by atoms with van der Waals surface area (Å²) in [6.45, 7) is -0.0400. The summed E-state index contributed by atoms with van der Waals surface area (Å²) in [4.78, 5) is 0. The molecule has 1 aromatic carbocycles. The Morgan fingerprint density at radius 3 is 2.36 bits per heavy atom. The third-order valence-corrected chi connectivity index (χ3v) is 1.75. The maximum Gasteiger partial charge on any atom is 0.0624 e. The number of nitrogens with two attached hydrogens (primary N) is 1. The second kappa shape index (κ2) is 3.72. The molecule has 0 unspecified atom stereocenters. The number of rotatable bonds is 2. The molecule has 0 saturated carbocycles. The Morgan fingerprint density at radius 1 is 1.36 bits per heavy atom. The molecule has 0 fully saturated rings. The van der Waals surface area contributed by atoms with Crippen molar-refractivity contribution in [3.05, 3.63) is 34.9 Å². The van der Waals surface area contributed by atoms with Crippen molar-refractivity contribution in [2.75, 3.05) is 6.61 Å². The molecule has 3 heteroatoms. The van der Waals surface area contributed by atoms with Gasteiger partial charge in [0.05, 0.1) is 12.6 Å². The maximum atomic E-state index is 8.70. The largest absolute Gasteiger partial charge is 0.394 e. The van der Waals surface area contributed by atoms with E-state index >= 15 is 0 Å². The molecule has 0 amide bonds. The molecule has 0 aliphatic carbocycles. The number of hydrogen-bond acceptors (Lipinski definition) is 2. The maximum absolute atomic E-state index is 8.70. The van der Waals surface area contributed by atoms with E-state index in [1.54, 1.807) is 12.1 Å². The van der Waals surface area contributed by atoms with Crippen LogP contribution in [0.3, 0.4) is 0 Å². The van der Waals surface area contributed by atoms with Crippen molar-refractivity contribution in [3.8, 4) is 0 Å². The second-order valence-electron chi connectivity index (χ2n) is 2.34. The summed E-state index contributed by atoms with van der Waals surface area (Å²) < 4.78 is 0. The lowest BCUT2D eigenvalue weighted by atomic mass is 10.1. The van der Waals surface area contributed by atoms with Crippen molar-refractivity contribution in [2.45, 2.75) is 6.04 Å². The molecular weight excluding hydrogens is 162 g/mol. The van der Waals surface area contributed by atoms with Gasteiger partial charge in [-0.3, -0.25) is 0 Å². The van der Waals surface area contributed by atoms with Crippen molar-refractivity contribution in [2.24, 2.45) is 5.73 Å². The first-order valence-electron chi connectivity index (χ1n) is 3.36. The van der Waals surface area contributed by atoms with E-state index in [1.165, 1.54) is 0 Å². The SMILES string of the molecule is N[C@H](CO)c1ccc(Cl)cc1. The highest BCUT2D eigenvalue weighted by atomic mass is 35.5. The standard InChI is InChI=1S/C8H10ClNO/c9-7-3-1-6(2-4-7)8(10)5-11/h1-4,8,11H,5,10H2/t8-/m1/s1. The highest BCUT2D eigenvalue weighted by molar-refractivity contribution is 6.30. The summed E-state index contributed by atoms with van der Waals surface area (Å²) in [5, 5.41) is 9.38. The molecule has 2 nitrogen and oxygen atoms in total. The number of benzene rings is 1. The van der Waals surface area contributed by atoms with Crippen molar-refractivity contribution in [3.63, 3.8) is 0 Å². The average Bonchev–Trinajstić information content (AvgIpc) is 2.05. The van der Waals surface area contributed by atoms with E-state index in [-0.39, 0.29) is 12.6 Å². The van der Waals surface area contributed by atoms with E-state index in [1.807, 2.05) is 12.1 Å². The molecule has 1 rings (SSSR count). The molecule has 0 spiro atoms. The van der Waals surface area contributed by atoms with Crippen LogP contribution < -0.4 is 5.73 Å². The molecule has 0 aliphatic heterocycles. The third kappa shape index (κ3) is 2.19.